The van der Waals surface area contributed by atoms with Crippen LogP contribution >= 0.6 is 0 Å². The predicted octanol–water partition coefficient (Wildman–Crippen LogP) is 5.82. The van der Waals surface area contributed by atoms with E-state index in [4.69, 9.17) is 0 Å². The number of fused-ring (bicyclic) bond motifs is 1. The molecule has 0 nitrogen and oxygen atoms in total. The zero-order valence-electron chi connectivity index (χ0n) is 11.4. The highest BCUT2D eigenvalue weighted by atomic mass is 14.1. The molecule has 0 aliphatic heterocycles. The van der Waals surface area contributed by atoms with E-state index in [-0.39, 0.29) is 0 Å². The molecule has 94 valence electrons. The Morgan fingerprint density at radius 2 is 1.56 bits per heavy atom. The highest BCUT2D eigenvalue weighted by Gasteiger charge is 2.00. The van der Waals surface area contributed by atoms with E-state index >= 15 is 0 Å². The molecule has 2 aromatic carbocycles. The topological polar surface area (TPSA) is 0 Å². The summed E-state index contributed by atoms with van der Waals surface area (Å²) in [5.74, 6) is 0. The van der Waals surface area contributed by atoms with E-state index < -0.39 is 0 Å². The summed E-state index contributed by atoms with van der Waals surface area (Å²) in [4.78, 5) is 0. The summed E-state index contributed by atoms with van der Waals surface area (Å²) in [6.45, 7) is 4.51. The van der Waals surface area contributed by atoms with E-state index in [1.165, 1.54) is 42.0 Å². The Hall–Kier alpha value is -1.56. The van der Waals surface area contributed by atoms with Gasteiger partial charge in [-0.25, -0.2) is 0 Å². The Labute approximate surface area is 110 Å². The highest BCUT2D eigenvalue weighted by molar-refractivity contribution is 5.90. The van der Waals surface area contributed by atoms with Crippen molar-refractivity contribution in [2.75, 3.05) is 0 Å². The second-order valence-electron chi connectivity index (χ2n) is 4.87. The number of hydrogen-bond acceptors (Lipinski definition) is 0. The molecule has 2 aromatic rings. The first-order chi connectivity index (χ1) is 8.85. The molecule has 2 rings (SSSR count). The summed E-state index contributed by atoms with van der Waals surface area (Å²) in [5.41, 5.74) is 2.95. The smallest absolute Gasteiger partial charge is 0.0111 e. The van der Waals surface area contributed by atoms with Gasteiger partial charge in [-0.05, 0) is 29.2 Å². The quantitative estimate of drug-likeness (QED) is 0.615. The Morgan fingerprint density at radius 1 is 0.889 bits per heavy atom. The molecule has 0 N–H and O–H groups in total. The average molecular weight is 238 g/mol. The molecule has 0 saturated carbocycles. The van der Waals surface area contributed by atoms with Gasteiger partial charge >= 0.3 is 0 Å². The minimum Gasteiger partial charge on any atom is -0.0696 e. The number of rotatable bonds is 5. The summed E-state index contributed by atoms with van der Waals surface area (Å²) >= 11 is 0. The van der Waals surface area contributed by atoms with Crippen molar-refractivity contribution >= 4 is 16.8 Å². The molecule has 0 bridgehead atoms. The summed E-state index contributed by atoms with van der Waals surface area (Å²) < 4.78 is 0. The Balaban J connectivity index is 2.43. The minimum absolute atomic E-state index is 1.22. The van der Waals surface area contributed by atoms with Gasteiger partial charge in [-0.1, -0.05) is 80.8 Å². The van der Waals surface area contributed by atoms with Crippen molar-refractivity contribution in [2.24, 2.45) is 0 Å². The molecule has 0 atom stereocenters. The van der Waals surface area contributed by atoms with Gasteiger partial charge in [0.25, 0.3) is 0 Å². The first-order valence-corrected chi connectivity index (χ1v) is 7.02. The lowest BCUT2D eigenvalue weighted by Crippen LogP contribution is -1.85. The maximum atomic E-state index is 2.40. The van der Waals surface area contributed by atoms with Crippen LogP contribution in [0.4, 0.5) is 0 Å². The lowest BCUT2D eigenvalue weighted by Gasteiger charge is -2.07. The standard InChI is InChI=1S/C18H22/c1-3-8-15(9-4-2)14-17-12-7-11-16-10-5-6-13-18(16)17/h5-7,10-14H,3-4,8-9H2,1-2H3. The van der Waals surface area contributed by atoms with Crippen LogP contribution in [0.5, 0.6) is 0 Å². The maximum absolute atomic E-state index is 2.40. The molecule has 0 aliphatic rings. The molecule has 0 fully saturated rings. The van der Waals surface area contributed by atoms with Crippen molar-refractivity contribution in [3.8, 4) is 0 Å². The third-order valence-corrected chi connectivity index (χ3v) is 3.33. The molecule has 0 aromatic heterocycles. The zero-order chi connectivity index (χ0) is 12.8. The van der Waals surface area contributed by atoms with E-state index in [2.05, 4.69) is 62.4 Å². The normalized spacial score (nSPS) is 10.6. The van der Waals surface area contributed by atoms with Gasteiger partial charge in [-0.2, -0.15) is 0 Å². The van der Waals surface area contributed by atoms with Crippen LogP contribution in [-0.2, 0) is 0 Å². The second kappa shape index (κ2) is 6.39. The van der Waals surface area contributed by atoms with Crippen molar-refractivity contribution in [3.63, 3.8) is 0 Å². The van der Waals surface area contributed by atoms with Crippen LogP contribution < -0.4 is 0 Å². The summed E-state index contributed by atoms with van der Waals surface area (Å²) in [6.07, 6.45) is 7.30. The Kier molecular flexibility index (Phi) is 4.58. The minimum atomic E-state index is 1.22. The first kappa shape index (κ1) is 12.9. The van der Waals surface area contributed by atoms with Gasteiger partial charge in [-0.3, -0.25) is 0 Å². The highest BCUT2D eigenvalue weighted by Crippen LogP contribution is 2.23. The first-order valence-electron chi connectivity index (χ1n) is 7.02. The van der Waals surface area contributed by atoms with E-state index in [1.54, 1.807) is 5.57 Å². The van der Waals surface area contributed by atoms with Crippen LogP contribution in [0.1, 0.15) is 45.1 Å². The van der Waals surface area contributed by atoms with E-state index in [0.29, 0.717) is 0 Å². The molecule has 0 aliphatic carbocycles. The van der Waals surface area contributed by atoms with E-state index in [1.807, 2.05) is 0 Å². The van der Waals surface area contributed by atoms with Gasteiger partial charge in [0, 0.05) is 0 Å². The van der Waals surface area contributed by atoms with Gasteiger partial charge < -0.3 is 0 Å². The number of hydrogen-bond donors (Lipinski definition) is 0. The average Bonchev–Trinajstić information content (AvgIpc) is 2.40. The van der Waals surface area contributed by atoms with Crippen LogP contribution in [0.2, 0.25) is 0 Å². The molecule has 0 heteroatoms. The molecule has 18 heavy (non-hydrogen) atoms. The van der Waals surface area contributed by atoms with Crippen LogP contribution in [0, 0.1) is 0 Å². The predicted molar refractivity (Wildman–Crippen MR) is 81.7 cm³/mol. The third kappa shape index (κ3) is 3.01. The van der Waals surface area contributed by atoms with Crippen molar-refractivity contribution in [1.82, 2.24) is 0 Å². The van der Waals surface area contributed by atoms with Gasteiger partial charge in [0.15, 0.2) is 0 Å². The van der Waals surface area contributed by atoms with Crippen LogP contribution in [-0.4, -0.2) is 0 Å². The molecule has 0 spiro atoms. The number of benzene rings is 2. The Bertz CT molecular complexity index is 521. The zero-order valence-corrected chi connectivity index (χ0v) is 11.4. The summed E-state index contributed by atoms with van der Waals surface area (Å²) in [6, 6.07) is 15.2. The SMILES string of the molecule is CCCC(=Cc1cccc2ccccc12)CCC. The second-order valence-corrected chi connectivity index (χ2v) is 4.87. The van der Waals surface area contributed by atoms with Gasteiger partial charge in [0.1, 0.15) is 0 Å². The summed E-state index contributed by atoms with van der Waals surface area (Å²) in [5, 5.41) is 2.70. The van der Waals surface area contributed by atoms with Crippen molar-refractivity contribution < 1.29 is 0 Å². The van der Waals surface area contributed by atoms with Gasteiger partial charge in [0.2, 0.25) is 0 Å². The fourth-order valence-corrected chi connectivity index (χ4v) is 2.51. The molecule has 0 amide bonds. The van der Waals surface area contributed by atoms with Crippen molar-refractivity contribution in [2.45, 2.75) is 39.5 Å². The monoisotopic (exact) mass is 238 g/mol. The van der Waals surface area contributed by atoms with E-state index in [0.717, 1.165) is 0 Å². The Morgan fingerprint density at radius 3 is 2.28 bits per heavy atom. The molecule has 0 radical (unpaired) electrons. The summed E-state index contributed by atoms with van der Waals surface area (Å²) in [7, 11) is 0. The molecule has 0 saturated heterocycles. The van der Waals surface area contributed by atoms with Crippen LogP contribution in [0.3, 0.4) is 0 Å². The lowest BCUT2D eigenvalue weighted by atomic mass is 9.98. The van der Waals surface area contributed by atoms with Crippen molar-refractivity contribution in [1.29, 1.82) is 0 Å². The maximum Gasteiger partial charge on any atom is -0.0111 e. The molecule has 0 unspecified atom stereocenters. The fourth-order valence-electron chi connectivity index (χ4n) is 2.51. The van der Waals surface area contributed by atoms with Gasteiger partial charge in [0.05, 0.1) is 0 Å². The van der Waals surface area contributed by atoms with Crippen LogP contribution in [0.25, 0.3) is 16.8 Å². The largest absolute Gasteiger partial charge is 0.0696 e. The molecule has 0 heterocycles. The lowest BCUT2D eigenvalue weighted by molar-refractivity contribution is 0.810. The number of allylic oxidation sites excluding steroid dienone is 1. The van der Waals surface area contributed by atoms with E-state index in [9.17, 15) is 0 Å². The van der Waals surface area contributed by atoms with Crippen LogP contribution in [0.15, 0.2) is 48.0 Å². The molecular formula is C18H22. The van der Waals surface area contributed by atoms with Crippen molar-refractivity contribution in [3.05, 3.63) is 53.6 Å². The third-order valence-electron chi connectivity index (χ3n) is 3.33. The fraction of sp³-hybridized carbons (Fsp3) is 0.333. The van der Waals surface area contributed by atoms with Gasteiger partial charge in [-0.15, -0.1) is 0 Å². The molecular weight excluding hydrogens is 216 g/mol.